The summed E-state index contributed by atoms with van der Waals surface area (Å²) >= 11 is 0. The van der Waals surface area contributed by atoms with Crippen LogP contribution in [0.1, 0.15) is 43.5 Å². The average molecular weight is 377 g/mol. The Morgan fingerprint density at radius 1 is 1.14 bits per heavy atom. The Kier molecular flexibility index (Phi) is 4.81. The van der Waals surface area contributed by atoms with Crippen molar-refractivity contribution < 1.29 is 9.59 Å². The highest BCUT2D eigenvalue weighted by Gasteiger charge is 2.29. The smallest absolute Gasteiger partial charge is 0.251 e. The maximum Gasteiger partial charge on any atom is 0.251 e. The molecule has 2 heterocycles. The highest BCUT2D eigenvalue weighted by atomic mass is 16.2. The summed E-state index contributed by atoms with van der Waals surface area (Å²) in [5.41, 5.74) is 2.86. The van der Waals surface area contributed by atoms with Crippen LogP contribution < -0.4 is 10.6 Å². The molecule has 7 heteroatoms. The number of pyridine rings is 1. The number of carbonyl (C=O) groups excluding carboxylic acids is 2. The highest BCUT2D eigenvalue weighted by molar-refractivity contribution is 5.95. The second-order valence-corrected chi connectivity index (χ2v) is 7.29. The van der Waals surface area contributed by atoms with Gasteiger partial charge in [0.2, 0.25) is 5.91 Å². The molecule has 1 atom stereocenters. The van der Waals surface area contributed by atoms with Crippen molar-refractivity contribution in [3.63, 3.8) is 0 Å². The lowest BCUT2D eigenvalue weighted by atomic mass is 10.1. The first-order valence-electron chi connectivity index (χ1n) is 9.62. The minimum Gasteiger partial charge on any atom is -0.350 e. The number of carbonyl (C=O) groups is 2. The summed E-state index contributed by atoms with van der Waals surface area (Å²) in [6, 6.07) is 11.1. The minimum atomic E-state index is -0.0860. The summed E-state index contributed by atoms with van der Waals surface area (Å²) in [6.45, 7) is 4.01. The molecule has 3 aromatic rings. The molecule has 2 N–H and O–H groups in total. The van der Waals surface area contributed by atoms with Crippen molar-refractivity contribution in [2.75, 3.05) is 5.32 Å². The molecule has 0 bridgehead atoms. The van der Waals surface area contributed by atoms with E-state index in [0.29, 0.717) is 17.0 Å². The summed E-state index contributed by atoms with van der Waals surface area (Å²) in [4.78, 5) is 24.3. The van der Waals surface area contributed by atoms with E-state index in [2.05, 4.69) is 20.8 Å². The molecule has 28 heavy (non-hydrogen) atoms. The van der Waals surface area contributed by atoms with E-state index in [9.17, 15) is 9.59 Å². The van der Waals surface area contributed by atoms with Gasteiger partial charge >= 0.3 is 0 Å². The lowest BCUT2D eigenvalue weighted by Gasteiger charge is -2.11. The van der Waals surface area contributed by atoms with Crippen LogP contribution in [-0.2, 0) is 4.79 Å². The van der Waals surface area contributed by atoms with Crippen LogP contribution in [0.5, 0.6) is 0 Å². The fourth-order valence-electron chi connectivity index (χ4n) is 2.93. The number of rotatable bonds is 6. The van der Waals surface area contributed by atoms with Crippen LogP contribution in [0.3, 0.4) is 0 Å². The van der Waals surface area contributed by atoms with E-state index in [1.807, 2.05) is 48.7 Å². The van der Waals surface area contributed by atoms with Crippen LogP contribution in [0, 0.1) is 5.92 Å². The predicted molar refractivity (Wildman–Crippen MR) is 107 cm³/mol. The topological polar surface area (TPSA) is 88.4 Å². The zero-order valence-corrected chi connectivity index (χ0v) is 16.0. The number of benzene rings is 1. The molecule has 4 rings (SSSR count). The van der Waals surface area contributed by atoms with Crippen LogP contribution in [0.15, 0.2) is 42.6 Å². The van der Waals surface area contributed by atoms with E-state index < -0.39 is 0 Å². The van der Waals surface area contributed by atoms with Crippen molar-refractivity contribution in [3.8, 4) is 11.4 Å². The fourth-order valence-corrected chi connectivity index (χ4v) is 2.93. The van der Waals surface area contributed by atoms with E-state index in [0.717, 1.165) is 30.5 Å². The Morgan fingerprint density at radius 2 is 1.89 bits per heavy atom. The summed E-state index contributed by atoms with van der Waals surface area (Å²) in [6.07, 6.45) is 4.63. The first kappa shape index (κ1) is 18.2. The molecular formula is C21H23N5O2. The Morgan fingerprint density at radius 3 is 2.57 bits per heavy atom. The lowest BCUT2D eigenvalue weighted by molar-refractivity contribution is -0.117. The number of fused-ring (bicyclic) bond motifs is 1. The number of amides is 2. The van der Waals surface area contributed by atoms with Gasteiger partial charge in [-0.3, -0.25) is 14.0 Å². The molecule has 1 aliphatic rings. The fraction of sp³-hybridized carbons (Fsp3) is 0.333. The van der Waals surface area contributed by atoms with Gasteiger partial charge in [-0.25, -0.2) is 0 Å². The average Bonchev–Trinajstić information content (AvgIpc) is 3.48. The third-order valence-electron chi connectivity index (χ3n) is 5.01. The van der Waals surface area contributed by atoms with Gasteiger partial charge in [0.25, 0.3) is 5.91 Å². The van der Waals surface area contributed by atoms with Gasteiger partial charge in [-0.15, -0.1) is 10.2 Å². The van der Waals surface area contributed by atoms with Gasteiger partial charge in [0.15, 0.2) is 11.5 Å². The normalized spacial score (nSPS) is 14.6. The van der Waals surface area contributed by atoms with Crippen molar-refractivity contribution >= 4 is 23.1 Å². The molecule has 1 saturated carbocycles. The molecule has 1 fully saturated rings. The highest BCUT2D eigenvalue weighted by Crippen LogP contribution is 2.30. The van der Waals surface area contributed by atoms with Gasteiger partial charge in [-0.2, -0.15) is 0 Å². The summed E-state index contributed by atoms with van der Waals surface area (Å²) < 4.78 is 1.84. The summed E-state index contributed by atoms with van der Waals surface area (Å²) in [7, 11) is 0. The lowest BCUT2D eigenvalue weighted by Crippen LogP contribution is -2.31. The third kappa shape index (κ3) is 3.74. The standard InChI is InChI=1S/C21H23N5O2/c1-3-13(2)22-20(27)15-6-4-14(5-7-15)19-25-24-18-11-10-17(12-26(18)19)23-21(28)16-8-9-16/h4-7,10-13,16H,3,8-9H2,1-2H3,(H,22,27)(H,23,28)/t13-/m0/s1. The number of hydrogen-bond donors (Lipinski definition) is 2. The molecule has 0 unspecified atom stereocenters. The van der Waals surface area contributed by atoms with Gasteiger partial charge in [0.1, 0.15) is 0 Å². The Hall–Kier alpha value is -3.22. The molecule has 0 aliphatic heterocycles. The predicted octanol–water partition coefficient (Wildman–Crippen LogP) is 3.27. The van der Waals surface area contributed by atoms with Crippen LogP contribution >= 0.6 is 0 Å². The van der Waals surface area contributed by atoms with Gasteiger partial charge in [-0.1, -0.05) is 19.1 Å². The molecule has 144 valence electrons. The van der Waals surface area contributed by atoms with Crippen LogP contribution in [0.2, 0.25) is 0 Å². The number of nitrogens with zero attached hydrogens (tertiary/aromatic N) is 3. The molecule has 0 radical (unpaired) electrons. The van der Waals surface area contributed by atoms with Gasteiger partial charge in [-0.05, 0) is 50.5 Å². The van der Waals surface area contributed by atoms with E-state index in [4.69, 9.17) is 0 Å². The van der Waals surface area contributed by atoms with Crippen LogP contribution in [0.4, 0.5) is 5.69 Å². The van der Waals surface area contributed by atoms with Gasteiger partial charge in [0, 0.05) is 29.3 Å². The van der Waals surface area contributed by atoms with E-state index in [1.165, 1.54) is 0 Å². The van der Waals surface area contributed by atoms with E-state index >= 15 is 0 Å². The quantitative estimate of drug-likeness (QED) is 0.690. The van der Waals surface area contributed by atoms with Crippen molar-refractivity contribution in [3.05, 3.63) is 48.2 Å². The number of anilines is 1. The van der Waals surface area contributed by atoms with Crippen molar-refractivity contribution in [2.45, 2.75) is 39.2 Å². The zero-order chi connectivity index (χ0) is 19.7. The number of nitrogens with one attached hydrogen (secondary N) is 2. The zero-order valence-electron chi connectivity index (χ0n) is 16.0. The van der Waals surface area contributed by atoms with E-state index in [-0.39, 0.29) is 23.8 Å². The Balaban J connectivity index is 1.57. The maximum absolute atomic E-state index is 12.2. The monoisotopic (exact) mass is 377 g/mol. The molecule has 7 nitrogen and oxygen atoms in total. The molecule has 0 saturated heterocycles. The summed E-state index contributed by atoms with van der Waals surface area (Å²) in [5.74, 6) is 0.777. The van der Waals surface area contributed by atoms with Crippen LogP contribution in [-0.4, -0.2) is 32.5 Å². The molecule has 1 aliphatic carbocycles. The van der Waals surface area contributed by atoms with Crippen molar-refractivity contribution in [1.82, 2.24) is 19.9 Å². The summed E-state index contributed by atoms with van der Waals surface area (Å²) in [5, 5.41) is 14.4. The molecule has 2 amide bonds. The molecule has 0 spiro atoms. The van der Waals surface area contributed by atoms with Crippen molar-refractivity contribution in [1.29, 1.82) is 0 Å². The van der Waals surface area contributed by atoms with Crippen molar-refractivity contribution in [2.24, 2.45) is 5.92 Å². The molecule has 1 aromatic carbocycles. The second kappa shape index (κ2) is 7.42. The molecular weight excluding hydrogens is 354 g/mol. The number of aromatic nitrogens is 3. The van der Waals surface area contributed by atoms with E-state index in [1.54, 1.807) is 12.1 Å². The van der Waals surface area contributed by atoms with Crippen LogP contribution in [0.25, 0.3) is 17.0 Å². The molecule has 2 aromatic heterocycles. The Bertz CT molecular complexity index is 1020. The first-order chi connectivity index (χ1) is 13.5. The Labute approximate surface area is 163 Å². The maximum atomic E-state index is 12.2. The van der Waals surface area contributed by atoms with Gasteiger partial charge in [0.05, 0.1) is 5.69 Å². The first-order valence-corrected chi connectivity index (χ1v) is 9.62. The third-order valence-corrected chi connectivity index (χ3v) is 5.01. The SMILES string of the molecule is CC[C@H](C)NC(=O)c1ccc(-c2nnc3ccc(NC(=O)C4CC4)cn23)cc1. The second-order valence-electron chi connectivity index (χ2n) is 7.29. The van der Waals surface area contributed by atoms with Gasteiger partial charge < -0.3 is 10.6 Å². The largest absolute Gasteiger partial charge is 0.350 e. The minimum absolute atomic E-state index is 0.0608. The number of hydrogen-bond acceptors (Lipinski definition) is 4.